The van der Waals surface area contributed by atoms with Gasteiger partial charge in [0.2, 0.25) is 5.91 Å². The van der Waals surface area contributed by atoms with Crippen molar-refractivity contribution >= 4 is 22.4 Å². The predicted octanol–water partition coefficient (Wildman–Crippen LogP) is 3.36. The number of rotatable bonds is 6. The number of hydrogen-bond acceptors (Lipinski definition) is 5. The van der Waals surface area contributed by atoms with E-state index in [-0.39, 0.29) is 5.91 Å². The van der Waals surface area contributed by atoms with E-state index < -0.39 is 0 Å². The second-order valence-electron chi connectivity index (χ2n) is 5.76. The summed E-state index contributed by atoms with van der Waals surface area (Å²) in [4.78, 5) is 17.7. The van der Waals surface area contributed by atoms with E-state index in [1.54, 1.807) is 7.11 Å². The van der Waals surface area contributed by atoms with E-state index in [1.165, 1.54) is 23.8 Å². The van der Waals surface area contributed by atoms with Gasteiger partial charge in [0.25, 0.3) is 0 Å². The second-order valence-corrected chi connectivity index (χ2v) is 6.62. The van der Waals surface area contributed by atoms with Crippen molar-refractivity contribution in [3.8, 4) is 5.75 Å². The molecule has 0 saturated heterocycles. The molecule has 2 rings (SSSR count). The van der Waals surface area contributed by atoms with Crippen molar-refractivity contribution in [1.29, 1.82) is 0 Å². The maximum absolute atomic E-state index is 11.0. The Hall–Kier alpha value is -1.92. The molecule has 0 bridgehead atoms. The molecule has 1 heterocycles. The van der Waals surface area contributed by atoms with Gasteiger partial charge in [0.15, 0.2) is 5.13 Å². The van der Waals surface area contributed by atoms with E-state index in [4.69, 9.17) is 4.74 Å². The summed E-state index contributed by atoms with van der Waals surface area (Å²) in [5.41, 5.74) is 4.51. The fourth-order valence-corrected chi connectivity index (χ4v) is 3.43. The Kier molecular flexibility index (Phi) is 5.74. The van der Waals surface area contributed by atoms with Gasteiger partial charge in [-0.05, 0) is 37.6 Å². The number of aromatic nitrogens is 1. The van der Waals surface area contributed by atoms with Crippen molar-refractivity contribution in [2.24, 2.45) is 0 Å². The van der Waals surface area contributed by atoms with E-state index >= 15 is 0 Å². The van der Waals surface area contributed by atoms with Crippen molar-refractivity contribution in [2.75, 3.05) is 19.5 Å². The van der Waals surface area contributed by atoms with Gasteiger partial charge in [0, 0.05) is 25.4 Å². The van der Waals surface area contributed by atoms with E-state index in [1.807, 2.05) is 5.38 Å². The molecule has 0 saturated carbocycles. The van der Waals surface area contributed by atoms with Crippen LogP contribution in [0.3, 0.4) is 0 Å². The molecular formula is C17H23N3O2S. The number of ether oxygens (including phenoxy) is 1. The van der Waals surface area contributed by atoms with Gasteiger partial charge >= 0.3 is 0 Å². The van der Waals surface area contributed by atoms with E-state index in [0.717, 1.165) is 35.7 Å². The molecule has 0 spiro atoms. The Morgan fingerprint density at radius 1 is 1.30 bits per heavy atom. The Labute approximate surface area is 141 Å². The van der Waals surface area contributed by atoms with Crippen molar-refractivity contribution in [3.05, 3.63) is 39.9 Å². The summed E-state index contributed by atoms with van der Waals surface area (Å²) in [5.74, 6) is 0.860. The smallest absolute Gasteiger partial charge is 0.223 e. The first kappa shape index (κ1) is 17.4. The van der Waals surface area contributed by atoms with Crippen LogP contribution in [0.15, 0.2) is 17.5 Å². The van der Waals surface area contributed by atoms with E-state index in [0.29, 0.717) is 5.13 Å². The largest absolute Gasteiger partial charge is 0.496 e. The highest BCUT2D eigenvalue weighted by Crippen LogP contribution is 2.25. The second kappa shape index (κ2) is 7.57. The van der Waals surface area contributed by atoms with Gasteiger partial charge in [-0.15, -0.1) is 11.3 Å². The van der Waals surface area contributed by atoms with Crippen molar-refractivity contribution in [1.82, 2.24) is 9.88 Å². The zero-order valence-electron chi connectivity index (χ0n) is 14.3. The molecular weight excluding hydrogens is 310 g/mol. The molecule has 2 aromatic rings. The summed E-state index contributed by atoms with van der Waals surface area (Å²) in [5, 5.41) is 5.34. The zero-order chi connectivity index (χ0) is 17.0. The number of amides is 1. The molecule has 1 aromatic heterocycles. The summed E-state index contributed by atoms with van der Waals surface area (Å²) in [6, 6.07) is 4.32. The van der Waals surface area contributed by atoms with Gasteiger partial charge in [0.1, 0.15) is 5.75 Å². The van der Waals surface area contributed by atoms with Crippen molar-refractivity contribution in [2.45, 2.75) is 33.9 Å². The van der Waals surface area contributed by atoms with E-state index in [2.05, 4.69) is 48.2 Å². The quantitative estimate of drug-likeness (QED) is 0.881. The van der Waals surface area contributed by atoms with E-state index in [9.17, 15) is 4.79 Å². The minimum absolute atomic E-state index is 0.0940. The lowest BCUT2D eigenvalue weighted by Crippen LogP contribution is -2.18. The summed E-state index contributed by atoms with van der Waals surface area (Å²) in [7, 11) is 3.77. The minimum atomic E-state index is -0.0940. The fraction of sp³-hybridized carbons (Fsp3) is 0.412. The number of nitrogens with zero attached hydrogens (tertiary/aromatic N) is 2. The lowest BCUT2D eigenvalue weighted by Gasteiger charge is -2.17. The first-order valence-electron chi connectivity index (χ1n) is 7.43. The number of hydrogen-bond donors (Lipinski definition) is 1. The van der Waals surface area contributed by atoms with Crippen LogP contribution in [0.2, 0.25) is 0 Å². The van der Waals surface area contributed by atoms with Crippen LogP contribution < -0.4 is 10.1 Å². The summed E-state index contributed by atoms with van der Waals surface area (Å²) >= 11 is 1.45. The summed E-state index contributed by atoms with van der Waals surface area (Å²) in [6.45, 7) is 7.19. The SMILES string of the molecule is COc1c(C)cc(CN(C)Cc2csc(NC(C)=O)n2)cc1C. The molecule has 1 N–H and O–H groups in total. The lowest BCUT2D eigenvalue weighted by atomic mass is 10.1. The molecule has 5 nitrogen and oxygen atoms in total. The monoisotopic (exact) mass is 333 g/mol. The molecule has 0 aliphatic carbocycles. The Morgan fingerprint density at radius 2 is 1.96 bits per heavy atom. The van der Waals surface area contributed by atoms with Crippen LogP contribution in [-0.4, -0.2) is 29.9 Å². The molecule has 0 aliphatic heterocycles. The highest BCUT2D eigenvalue weighted by atomic mass is 32.1. The maximum Gasteiger partial charge on any atom is 0.223 e. The lowest BCUT2D eigenvalue weighted by molar-refractivity contribution is -0.114. The Bertz CT molecular complexity index is 674. The molecule has 0 atom stereocenters. The van der Waals surface area contributed by atoms with Crippen LogP contribution in [0.5, 0.6) is 5.75 Å². The number of benzene rings is 1. The number of methoxy groups -OCH3 is 1. The third-order valence-corrected chi connectivity index (χ3v) is 4.25. The van der Waals surface area contributed by atoms with Gasteiger partial charge in [-0.3, -0.25) is 9.69 Å². The third-order valence-electron chi connectivity index (χ3n) is 3.44. The van der Waals surface area contributed by atoms with Crippen LogP contribution in [-0.2, 0) is 17.9 Å². The number of aryl methyl sites for hydroxylation is 2. The first-order valence-corrected chi connectivity index (χ1v) is 8.31. The topological polar surface area (TPSA) is 54.5 Å². The molecule has 124 valence electrons. The third kappa shape index (κ3) is 4.77. The number of anilines is 1. The highest BCUT2D eigenvalue weighted by Gasteiger charge is 2.10. The van der Waals surface area contributed by atoms with Crippen LogP contribution in [0.1, 0.15) is 29.3 Å². The molecule has 6 heteroatoms. The number of carbonyl (C=O) groups is 1. The Morgan fingerprint density at radius 3 is 2.52 bits per heavy atom. The van der Waals surface area contributed by atoms with Crippen molar-refractivity contribution < 1.29 is 9.53 Å². The Balaban J connectivity index is 2.00. The highest BCUT2D eigenvalue weighted by molar-refractivity contribution is 7.13. The zero-order valence-corrected chi connectivity index (χ0v) is 15.1. The number of thiazole rings is 1. The van der Waals surface area contributed by atoms with Crippen LogP contribution >= 0.6 is 11.3 Å². The van der Waals surface area contributed by atoms with Gasteiger partial charge in [0.05, 0.1) is 12.8 Å². The number of nitrogens with one attached hydrogen (secondary N) is 1. The maximum atomic E-state index is 11.0. The van der Waals surface area contributed by atoms with Gasteiger partial charge in [-0.1, -0.05) is 12.1 Å². The molecule has 0 aliphatic rings. The van der Waals surface area contributed by atoms with Gasteiger partial charge < -0.3 is 10.1 Å². The minimum Gasteiger partial charge on any atom is -0.496 e. The van der Waals surface area contributed by atoms with Crippen LogP contribution in [0.25, 0.3) is 0 Å². The molecule has 0 radical (unpaired) electrons. The summed E-state index contributed by atoms with van der Waals surface area (Å²) in [6.07, 6.45) is 0. The van der Waals surface area contributed by atoms with Crippen LogP contribution in [0, 0.1) is 13.8 Å². The fourth-order valence-electron chi connectivity index (χ4n) is 2.68. The average molecular weight is 333 g/mol. The normalized spacial score (nSPS) is 10.9. The molecule has 0 unspecified atom stereocenters. The molecule has 0 fully saturated rings. The van der Waals surface area contributed by atoms with Gasteiger partial charge in [-0.25, -0.2) is 4.98 Å². The summed E-state index contributed by atoms with van der Waals surface area (Å²) < 4.78 is 5.41. The molecule has 1 amide bonds. The number of carbonyl (C=O) groups excluding carboxylic acids is 1. The predicted molar refractivity (Wildman–Crippen MR) is 94.1 cm³/mol. The standard InChI is InChI=1S/C17H23N3O2S/c1-11-6-14(7-12(2)16(11)22-5)8-20(4)9-15-10-23-17(19-15)18-13(3)21/h6-7,10H,8-9H2,1-5H3,(H,18,19,21). The van der Waals surface area contributed by atoms with Crippen molar-refractivity contribution in [3.63, 3.8) is 0 Å². The van der Waals surface area contributed by atoms with Crippen LogP contribution in [0.4, 0.5) is 5.13 Å². The molecule has 23 heavy (non-hydrogen) atoms. The first-order chi connectivity index (χ1) is 10.9. The molecule has 1 aromatic carbocycles. The average Bonchev–Trinajstić information content (AvgIpc) is 2.84. The van der Waals surface area contributed by atoms with Gasteiger partial charge in [-0.2, -0.15) is 0 Å².